The van der Waals surface area contributed by atoms with Gasteiger partial charge in [0.25, 0.3) is 0 Å². The highest BCUT2D eigenvalue weighted by molar-refractivity contribution is 5.69. The van der Waals surface area contributed by atoms with E-state index < -0.39 is 0 Å². The number of nitrogens with zero attached hydrogens (tertiary/aromatic N) is 1. The summed E-state index contributed by atoms with van der Waals surface area (Å²) < 4.78 is 17.2. The van der Waals surface area contributed by atoms with Crippen LogP contribution in [0.3, 0.4) is 0 Å². The van der Waals surface area contributed by atoms with Gasteiger partial charge in [-0.1, -0.05) is 60.7 Å². The third-order valence-electron chi connectivity index (χ3n) is 4.72. The van der Waals surface area contributed by atoms with Crippen LogP contribution in [0, 0.1) is 0 Å². The number of morpholine rings is 1. The molecule has 1 saturated heterocycles. The molecule has 3 atom stereocenters. The fraction of sp³-hybridized carbons (Fsp3) is 0.381. The van der Waals surface area contributed by atoms with Gasteiger partial charge in [0.2, 0.25) is 0 Å². The maximum atomic E-state index is 12.5. The maximum Gasteiger partial charge on any atom is 0.410 e. The van der Waals surface area contributed by atoms with Crippen LogP contribution in [0.2, 0.25) is 0 Å². The van der Waals surface area contributed by atoms with Gasteiger partial charge in [0.1, 0.15) is 6.61 Å². The molecule has 1 heterocycles. The number of fused-ring (bicyclic) bond motifs is 1. The Bertz CT molecular complexity index is 721. The number of benzene rings is 2. The van der Waals surface area contributed by atoms with Crippen LogP contribution in [-0.2, 0) is 27.4 Å². The van der Waals surface area contributed by atoms with Gasteiger partial charge in [-0.15, -0.1) is 0 Å². The van der Waals surface area contributed by atoms with E-state index in [1.54, 1.807) is 4.90 Å². The van der Waals surface area contributed by atoms with Crippen molar-refractivity contribution < 1.29 is 19.0 Å². The Morgan fingerprint density at radius 2 is 1.65 bits per heavy atom. The summed E-state index contributed by atoms with van der Waals surface area (Å²) in [6, 6.07) is 19.9. The first-order chi connectivity index (χ1) is 12.8. The number of ether oxygens (including phenoxy) is 3. The minimum absolute atomic E-state index is 0.105. The number of hydrogen-bond acceptors (Lipinski definition) is 4. The summed E-state index contributed by atoms with van der Waals surface area (Å²) in [5.41, 5.74) is 2.12. The van der Waals surface area contributed by atoms with Crippen molar-refractivity contribution in [1.29, 1.82) is 0 Å². The predicted molar refractivity (Wildman–Crippen MR) is 96.5 cm³/mol. The van der Waals surface area contributed by atoms with E-state index in [1.807, 2.05) is 60.7 Å². The maximum absolute atomic E-state index is 12.5. The zero-order chi connectivity index (χ0) is 17.8. The van der Waals surface area contributed by atoms with E-state index in [-0.39, 0.29) is 24.3 Å². The molecule has 5 heteroatoms. The summed E-state index contributed by atoms with van der Waals surface area (Å²) in [5, 5.41) is 0. The monoisotopic (exact) mass is 353 g/mol. The summed E-state index contributed by atoms with van der Waals surface area (Å²) in [6.45, 7) is 1.83. The van der Waals surface area contributed by atoms with Crippen LogP contribution in [0.15, 0.2) is 60.7 Å². The molecule has 0 aromatic heterocycles. The lowest BCUT2D eigenvalue weighted by atomic mass is 10.2. The minimum Gasteiger partial charge on any atom is -0.445 e. The van der Waals surface area contributed by atoms with Crippen LogP contribution in [0.5, 0.6) is 0 Å². The lowest BCUT2D eigenvalue weighted by Gasteiger charge is -2.31. The fourth-order valence-electron chi connectivity index (χ4n) is 3.27. The van der Waals surface area contributed by atoms with Crippen molar-refractivity contribution in [2.45, 2.75) is 37.9 Å². The Labute approximate surface area is 153 Å². The Morgan fingerprint density at radius 1 is 1.00 bits per heavy atom. The molecule has 1 saturated carbocycles. The normalized spacial score (nSPS) is 24.0. The van der Waals surface area contributed by atoms with Crippen LogP contribution in [-0.4, -0.2) is 42.4 Å². The van der Waals surface area contributed by atoms with E-state index in [0.717, 1.165) is 17.5 Å². The number of hydrogen-bond donors (Lipinski definition) is 0. The summed E-state index contributed by atoms with van der Waals surface area (Å²) in [4.78, 5) is 14.3. The lowest BCUT2D eigenvalue weighted by Crippen LogP contribution is -2.47. The first kappa shape index (κ1) is 17.1. The van der Waals surface area contributed by atoms with Gasteiger partial charge >= 0.3 is 6.09 Å². The van der Waals surface area contributed by atoms with Gasteiger partial charge < -0.3 is 14.2 Å². The highest BCUT2D eigenvalue weighted by atomic mass is 16.6. The molecule has 26 heavy (non-hydrogen) atoms. The van der Waals surface area contributed by atoms with Gasteiger partial charge in [0, 0.05) is 0 Å². The molecule has 4 rings (SSSR count). The predicted octanol–water partition coefficient (Wildman–Crippen LogP) is 3.38. The van der Waals surface area contributed by atoms with Crippen molar-refractivity contribution >= 4 is 6.09 Å². The first-order valence-electron chi connectivity index (χ1n) is 9.04. The van der Waals surface area contributed by atoms with Crippen LogP contribution in [0.4, 0.5) is 4.79 Å². The van der Waals surface area contributed by atoms with Crippen LogP contribution in [0.1, 0.15) is 17.5 Å². The number of rotatable bonds is 6. The van der Waals surface area contributed by atoms with Gasteiger partial charge in [-0.2, -0.15) is 0 Å². The molecule has 1 aliphatic carbocycles. The molecule has 0 bridgehead atoms. The van der Waals surface area contributed by atoms with Crippen molar-refractivity contribution in [1.82, 2.24) is 4.90 Å². The van der Waals surface area contributed by atoms with E-state index in [4.69, 9.17) is 14.2 Å². The topological polar surface area (TPSA) is 48.0 Å². The number of amides is 1. The smallest absolute Gasteiger partial charge is 0.410 e. The average Bonchev–Trinajstić information content (AvgIpc) is 3.47. The average molecular weight is 353 g/mol. The molecule has 2 unspecified atom stereocenters. The Hall–Kier alpha value is -2.37. The van der Waals surface area contributed by atoms with Crippen molar-refractivity contribution in [2.75, 3.05) is 13.2 Å². The van der Waals surface area contributed by atoms with Gasteiger partial charge in [0.15, 0.2) is 0 Å². The highest BCUT2D eigenvalue weighted by Gasteiger charge is 2.51. The van der Waals surface area contributed by atoms with Crippen molar-refractivity contribution in [3.63, 3.8) is 0 Å². The molecule has 136 valence electrons. The second-order valence-corrected chi connectivity index (χ2v) is 6.79. The molecule has 2 fully saturated rings. The minimum atomic E-state index is -0.266. The van der Waals surface area contributed by atoms with E-state index in [2.05, 4.69) is 0 Å². The fourth-order valence-corrected chi connectivity index (χ4v) is 3.27. The molecule has 0 spiro atoms. The Balaban J connectivity index is 1.25. The quantitative estimate of drug-likeness (QED) is 0.799. The zero-order valence-electron chi connectivity index (χ0n) is 14.6. The van der Waals surface area contributed by atoms with Crippen LogP contribution in [0.25, 0.3) is 0 Å². The van der Waals surface area contributed by atoms with Crippen LogP contribution < -0.4 is 0 Å². The first-order valence-corrected chi connectivity index (χ1v) is 9.04. The van der Waals surface area contributed by atoms with Gasteiger partial charge in [0.05, 0.1) is 38.0 Å². The van der Waals surface area contributed by atoms with Gasteiger partial charge in [-0.05, 0) is 17.5 Å². The molecule has 5 nitrogen and oxygen atoms in total. The molecule has 1 amide bonds. The third-order valence-corrected chi connectivity index (χ3v) is 4.72. The molecular weight excluding hydrogens is 330 g/mol. The molecule has 0 N–H and O–H groups in total. The van der Waals surface area contributed by atoms with E-state index in [0.29, 0.717) is 26.4 Å². The highest BCUT2D eigenvalue weighted by Crippen LogP contribution is 2.37. The molecule has 0 radical (unpaired) electrons. The Morgan fingerprint density at radius 3 is 2.35 bits per heavy atom. The molecule has 2 aliphatic rings. The summed E-state index contributed by atoms with van der Waals surface area (Å²) >= 11 is 0. The molecular formula is C21H23NO4. The number of carbonyl (C=O) groups is 1. The van der Waals surface area contributed by atoms with Crippen molar-refractivity contribution in [2.24, 2.45) is 0 Å². The van der Waals surface area contributed by atoms with Crippen molar-refractivity contribution in [3.8, 4) is 0 Å². The number of carbonyl (C=O) groups excluding carboxylic acids is 1. The molecule has 1 aliphatic heterocycles. The third kappa shape index (κ3) is 4.23. The summed E-state index contributed by atoms with van der Waals surface area (Å²) in [5.74, 6) is 0. The van der Waals surface area contributed by atoms with Gasteiger partial charge in [-0.3, -0.25) is 4.90 Å². The Kier molecular flexibility index (Phi) is 5.18. The summed E-state index contributed by atoms with van der Waals surface area (Å²) in [6.07, 6.45) is 0.637. The summed E-state index contributed by atoms with van der Waals surface area (Å²) in [7, 11) is 0. The molecule has 2 aromatic rings. The lowest BCUT2D eigenvalue weighted by molar-refractivity contribution is -0.0743. The SMILES string of the molecule is O=C(OCc1ccccc1)N1C[C@@H](COCc2ccccc2)OC2CC21. The van der Waals surface area contributed by atoms with Crippen molar-refractivity contribution in [3.05, 3.63) is 71.8 Å². The van der Waals surface area contributed by atoms with Gasteiger partial charge in [-0.25, -0.2) is 4.79 Å². The van der Waals surface area contributed by atoms with E-state index >= 15 is 0 Å². The van der Waals surface area contributed by atoms with E-state index in [9.17, 15) is 4.79 Å². The molecule has 2 aromatic carbocycles. The van der Waals surface area contributed by atoms with E-state index in [1.165, 1.54) is 0 Å². The standard InChI is InChI=1S/C21H23NO4/c23-21(25-14-17-9-5-2-6-10-17)22-12-18(26-20-11-19(20)22)15-24-13-16-7-3-1-4-8-16/h1-10,18-20H,11-15H2/t18-,19?,20?/m0/s1. The van der Waals surface area contributed by atoms with Crippen LogP contribution >= 0.6 is 0 Å². The second-order valence-electron chi connectivity index (χ2n) is 6.79. The largest absolute Gasteiger partial charge is 0.445 e. The second kappa shape index (κ2) is 7.89. The zero-order valence-corrected chi connectivity index (χ0v) is 14.6.